The molecular weight excluding hydrogens is 206 g/mol. The monoisotopic (exact) mass is 225 g/mol. The van der Waals surface area contributed by atoms with Crippen molar-refractivity contribution in [2.45, 2.75) is 26.9 Å². The predicted molar refractivity (Wildman–Crippen MR) is 72.9 cm³/mol. The van der Waals surface area contributed by atoms with Gasteiger partial charge in [0.15, 0.2) is 0 Å². The van der Waals surface area contributed by atoms with E-state index >= 15 is 0 Å². The van der Waals surface area contributed by atoms with E-state index in [0.29, 0.717) is 0 Å². The maximum absolute atomic E-state index is 3.49. The van der Waals surface area contributed by atoms with Crippen molar-refractivity contribution in [3.63, 3.8) is 0 Å². The largest absolute Gasteiger partial charge is 0.309 e. The first-order chi connectivity index (χ1) is 8.25. The zero-order chi connectivity index (χ0) is 12.1. The van der Waals surface area contributed by atoms with Crippen LogP contribution in [-0.4, -0.2) is 0 Å². The average molecular weight is 225 g/mol. The topological polar surface area (TPSA) is 12.0 Å². The van der Waals surface area contributed by atoms with E-state index in [1.807, 2.05) is 0 Å². The Hall–Kier alpha value is -1.60. The van der Waals surface area contributed by atoms with Crippen LogP contribution < -0.4 is 5.32 Å². The van der Waals surface area contributed by atoms with E-state index in [0.717, 1.165) is 13.1 Å². The van der Waals surface area contributed by atoms with Crippen molar-refractivity contribution in [3.05, 3.63) is 70.8 Å². The molecule has 0 aliphatic rings. The van der Waals surface area contributed by atoms with Crippen LogP contribution in [0.1, 0.15) is 22.3 Å². The predicted octanol–water partition coefficient (Wildman–Crippen LogP) is 3.59. The van der Waals surface area contributed by atoms with E-state index in [-0.39, 0.29) is 0 Å². The average Bonchev–Trinajstić information content (AvgIpc) is 2.32. The highest BCUT2D eigenvalue weighted by molar-refractivity contribution is 5.26. The van der Waals surface area contributed by atoms with Gasteiger partial charge in [0.2, 0.25) is 0 Å². The van der Waals surface area contributed by atoms with Gasteiger partial charge in [-0.05, 0) is 30.5 Å². The highest BCUT2D eigenvalue weighted by Gasteiger charge is 1.97. The van der Waals surface area contributed by atoms with Gasteiger partial charge < -0.3 is 5.32 Å². The van der Waals surface area contributed by atoms with Crippen LogP contribution in [0.4, 0.5) is 0 Å². The summed E-state index contributed by atoms with van der Waals surface area (Å²) in [5, 5.41) is 3.49. The van der Waals surface area contributed by atoms with Crippen LogP contribution in [0.5, 0.6) is 0 Å². The minimum atomic E-state index is 0.927. The normalized spacial score (nSPS) is 10.5. The number of hydrogen-bond acceptors (Lipinski definition) is 1. The molecule has 0 atom stereocenters. The minimum Gasteiger partial charge on any atom is -0.309 e. The van der Waals surface area contributed by atoms with Gasteiger partial charge in [-0.1, -0.05) is 54.1 Å². The third-order valence-electron chi connectivity index (χ3n) is 2.99. The molecule has 0 heterocycles. The molecular formula is C16H19N. The summed E-state index contributed by atoms with van der Waals surface area (Å²) in [6, 6.07) is 17.1. The van der Waals surface area contributed by atoms with Crippen molar-refractivity contribution in [3.8, 4) is 0 Å². The lowest BCUT2D eigenvalue weighted by molar-refractivity contribution is 0.690. The fourth-order valence-electron chi connectivity index (χ4n) is 1.97. The second kappa shape index (κ2) is 5.65. The van der Waals surface area contributed by atoms with E-state index in [1.54, 1.807) is 0 Å². The zero-order valence-corrected chi connectivity index (χ0v) is 10.5. The second-order valence-electron chi connectivity index (χ2n) is 4.52. The Morgan fingerprint density at radius 2 is 1.71 bits per heavy atom. The Balaban J connectivity index is 1.90. The van der Waals surface area contributed by atoms with E-state index < -0.39 is 0 Å². The first-order valence-corrected chi connectivity index (χ1v) is 6.06. The summed E-state index contributed by atoms with van der Waals surface area (Å²) in [5.74, 6) is 0. The lowest BCUT2D eigenvalue weighted by Crippen LogP contribution is -2.13. The second-order valence-corrected chi connectivity index (χ2v) is 4.52. The lowest BCUT2D eigenvalue weighted by Gasteiger charge is -2.08. The Morgan fingerprint density at radius 3 is 2.47 bits per heavy atom. The molecule has 0 bridgehead atoms. The summed E-state index contributed by atoms with van der Waals surface area (Å²) < 4.78 is 0. The Bertz CT molecular complexity index is 488. The molecule has 0 saturated heterocycles. The van der Waals surface area contributed by atoms with Crippen molar-refractivity contribution in [1.82, 2.24) is 5.32 Å². The van der Waals surface area contributed by atoms with Crippen molar-refractivity contribution in [2.24, 2.45) is 0 Å². The molecule has 0 unspecified atom stereocenters. The van der Waals surface area contributed by atoms with Crippen LogP contribution >= 0.6 is 0 Å². The molecule has 1 N–H and O–H groups in total. The van der Waals surface area contributed by atoms with Gasteiger partial charge in [-0.3, -0.25) is 0 Å². The molecule has 0 aliphatic carbocycles. The molecule has 0 aromatic heterocycles. The van der Waals surface area contributed by atoms with Crippen molar-refractivity contribution >= 4 is 0 Å². The van der Waals surface area contributed by atoms with E-state index in [9.17, 15) is 0 Å². The molecule has 17 heavy (non-hydrogen) atoms. The van der Waals surface area contributed by atoms with Crippen molar-refractivity contribution < 1.29 is 0 Å². The highest BCUT2D eigenvalue weighted by atomic mass is 14.8. The number of rotatable bonds is 4. The lowest BCUT2D eigenvalue weighted by atomic mass is 10.1. The van der Waals surface area contributed by atoms with Gasteiger partial charge in [0.05, 0.1) is 0 Å². The molecule has 2 aromatic rings. The number of nitrogens with one attached hydrogen (secondary N) is 1. The summed E-state index contributed by atoms with van der Waals surface area (Å²) in [7, 11) is 0. The molecule has 2 rings (SSSR count). The van der Waals surface area contributed by atoms with E-state index in [1.165, 1.54) is 22.3 Å². The molecule has 0 amide bonds. The van der Waals surface area contributed by atoms with E-state index in [4.69, 9.17) is 0 Å². The van der Waals surface area contributed by atoms with Gasteiger partial charge in [0.25, 0.3) is 0 Å². The highest BCUT2D eigenvalue weighted by Crippen LogP contribution is 2.07. The van der Waals surface area contributed by atoms with Crippen molar-refractivity contribution in [1.29, 1.82) is 0 Å². The Kier molecular flexibility index (Phi) is 3.94. The number of benzene rings is 2. The van der Waals surface area contributed by atoms with Gasteiger partial charge in [0, 0.05) is 13.1 Å². The van der Waals surface area contributed by atoms with Crippen LogP contribution in [0.3, 0.4) is 0 Å². The Labute approximate surface area is 103 Å². The molecule has 1 heteroatoms. The van der Waals surface area contributed by atoms with Crippen molar-refractivity contribution in [2.75, 3.05) is 0 Å². The summed E-state index contributed by atoms with van der Waals surface area (Å²) in [6.07, 6.45) is 0. The fourth-order valence-corrected chi connectivity index (χ4v) is 1.97. The molecule has 88 valence electrons. The standard InChI is InChI=1S/C16H19N/c1-13-6-5-8-15(10-13)11-17-12-16-9-4-3-7-14(16)2/h3-10,17H,11-12H2,1-2H3. The number of hydrogen-bond donors (Lipinski definition) is 1. The molecule has 0 saturated carbocycles. The van der Waals surface area contributed by atoms with Gasteiger partial charge in [-0.2, -0.15) is 0 Å². The van der Waals surface area contributed by atoms with Crippen LogP contribution in [0.2, 0.25) is 0 Å². The van der Waals surface area contributed by atoms with Crippen LogP contribution in [-0.2, 0) is 13.1 Å². The summed E-state index contributed by atoms with van der Waals surface area (Å²) in [6.45, 7) is 6.14. The van der Waals surface area contributed by atoms with Crippen LogP contribution in [0.25, 0.3) is 0 Å². The fraction of sp³-hybridized carbons (Fsp3) is 0.250. The maximum Gasteiger partial charge on any atom is 0.0211 e. The SMILES string of the molecule is Cc1cccc(CNCc2ccccc2C)c1. The molecule has 1 nitrogen and oxygen atoms in total. The maximum atomic E-state index is 3.49. The molecule has 0 radical (unpaired) electrons. The smallest absolute Gasteiger partial charge is 0.0211 e. The van der Waals surface area contributed by atoms with Gasteiger partial charge in [-0.15, -0.1) is 0 Å². The quantitative estimate of drug-likeness (QED) is 0.838. The minimum absolute atomic E-state index is 0.927. The van der Waals surface area contributed by atoms with Gasteiger partial charge in [0.1, 0.15) is 0 Å². The summed E-state index contributed by atoms with van der Waals surface area (Å²) >= 11 is 0. The van der Waals surface area contributed by atoms with E-state index in [2.05, 4.69) is 67.7 Å². The molecule has 2 aromatic carbocycles. The van der Waals surface area contributed by atoms with Gasteiger partial charge in [-0.25, -0.2) is 0 Å². The molecule has 0 fully saturated rings. The van der Waals surface area contributed by atoms with Gasteiger partial charge >= 0.3 is 0 Å². The Morgan fingerprint density at radius 1 is 0.882 bits per heavy atom. The van der Waals surface area contributed by atoms with Crippen LogP contribution in [0, 0.1) is 13.8 Å². The van der Waals surface area contributed by atoms with Crippen LogP contribution in [0.15, 0.2) is 48.5 Å². The summed E-state index contributed by atoms with van der Waals surface area (Å²) in [4.78, 5) is 0. The molecule has 0 spiro atoms. The first kappa shape index (κ1) is 11.9. The summed E-state index contributed by atoms with van der Waals surface area (Å²) in [5.41, 5.74) is 5.39. The third kappa shape index (κ3) is 3.43. The third-order valence-corrected chi connectivity index (χ3v) is 2.99. The molecule has 0 aliphatic heterocycles. The first-order valence-electron chi connectivity index (χ1n) is 6.06. The number of aryl methyl sites for hydroxylation is 2. The zero-order valence-electron chi connectivity index (χ0n) is 10.5.